The zero-order chi connectivity index (χ0) is 27.9. The molecule has 0 spiro atoms. The minimum absolute atomic E-state index is 0.0718. The predicted octanol–water partition coefficient (Wildman–Crippen LogP) is 6.48. The van der Waals surface area contributed by atoms with Gasteiger partial charge in [-0.15, -0.1) is 11.3 Å². The topological polar surface area (TPSA) is 124 Å². The number of amides is 1. The summed E-state index contributed by atoms with van der Waals surface area (Å²) in [6.07, 6.45) is 1.47. The van der Waals surface area contributed by atoms with Gasteiger partial charge in [-0.05, 0) is 65.7 Å². The van der Waals surface area contributed by atoms with Crippen LogP contribution in [0.3, 0.4) is 0 Å². The van der Waals surface area contributed by atoms with Gasteiger partial charge in [0.1, 0.15) is 5.75 Å². The molecule has 4 aromatic carbocycles. The Labute approximate surface area is 236 Å². The summed E-state index contributed by atoms with van der Waals surface area (Å²) >= 11 is 3.33. The quantitative estimate of drug-likeness (QED) is 0.0539. The molecule has 9 nitrogen and oxygen atoms in total. The largest absolute Gasteiger partial charge is 0.423 e. The first-order valence-electron chi connectivity index (χ1n) is 11.9. The summed E-state index contributed by atoms with van der Waals surface area (Å²) in [5.74, 6) is -0.0434. The number of non-ortho nitro benzene ring substituents is 1. The first-order chi connectivity index (χ1) is 19.4. The minimum atomic E-state index is -0.709. The van der Waals surface area contributed by atoms with Gasteiger partial charge in [0.2, 0.25) is 0 Å². The summed E-state index contributed by atoms with van der Waals surface area (Å²) in [4.78, 5) is 39.7. The second kappa shape index (κ2) is 12.3. The third-order valence-corrected chi connectivity index (χ3v) is 7.87. The monoisotopic (exact) mass is 568 g/mol. The average molecular weight is 569 g/mol. The molecule has 0 aliphatic rings. The van der Waals surface area contributed by atoms with Crippen molar-refractivity contribution in [3.63, 3.8) is 0 Å². The van der Waals surface area contributed by atoms with Gasteiger partial charge in [0.25, 0.3) is 11.6 Å². The van der Waals surface area contributed by atoms with Crippen molar-refractivity contribution in [2.75, 3.05) is 0 Å². The van der Waals surface area contributed by atoms with Crippen molar-refractivity contribution in [2.45, 2.75) is 10.1 Å². The molecule has 198 valence electrons. The molecular weight excluding hydrogens is 548 g/mol. The van der Waals surface area contributed by atoms with Crippen LogP contribution in [0.5, 0.6) is 5.75 Å². The van der Waals surface area contributed by atoms with E-state index in [0.29, 0.717) is 11.1 Å². The number of hydrazone groups is 1. The normalized spacial score (nSPS) is 11.0. The lowest BCUT2D eigenvalue weighted by molar-refractivity contribution is -0.384. The van der Waals surface area contributed by atoms with E-state index in [4.69, 9.17) is 4.74 Å². The van der Waals surface area contributed by atoms with Gasteiger partial charge < -0.3 is 4.74 Å². The number of ether oxygens (including phenoxy) is 1. The van der Waals surface area contributed by atoms with Crippen molar-refractivity contribution < 1.29 is 19.2 Å². The van der Waals surface area contributed by atoms with Gasteiger partial charge in [-0.2, -0.15) is 5.10 Å². The van der Waals surface area contributed by atoms with Gasteiger partial charge in [-0.1, -0.05) is 42.1 Å². The van der Waals surface area contributed by atoms with Crippen LogP contribution in [-0.4, -0.2) is 28.0 Å². The van der Waals surface area contributed by atoms with E-state index < -0.39 is 10.9 Å². The van der Waals surface area contributed by atoms with E-state index in [1.807, 2.05) is 30.3 Å². The fourth-order valence-corrected chi connectivity index (χ4v) is 5.60. The minimum Gasteiger partial charge on any atom is -0.423 e. The van der Waals surface area contributed by atoms with Crippen molar-refractivity contribution in [3.8, 4) is 5.75 Å². The molecular formula is C29H20N4O5S2. The third kappa shape index (κ3) is 6.76. The van der Waals surface area contributed by atoms with Crippen LogP contribution in [0.25, 0.3) is 10.2 Å². The number of thioether (sulfide) groups is 1. The summed E-state index contributed by atoms with van der Waals surface area (Å²) in [5, 5.41) is 14.9. The maximum atomic E-state index is 12.5. The van der Waals surface area contributed by atoms with E-state index in [9.17, 15) is 19.7 Å². The highest BCUT2D eigenvalue weighted by Crippen LogP contribution is 2.31. The molecule has 0 fully saturated rings. The van der Waals surface area contributed by atoms with E-state index in [0.717, 1.165) is 31.9 Å². The Hall–Kier alpha value is -4.87. The molecule has 40 heavy (non-hydrogen) atoms. The van der Waals surface area contributed by atoms with Crippen LogP contribution in [0.4, 0.5) is 5.69 Å². The fourth-order valence-electron chi connectivity index (χ4n) is 3.57. The number of fused-ring (bicyclic) bond motifs is 1. The Morgan fingerprint density at radius 3 is 2.50 bits per heavy atom. The zero-order valence-corrected chi connectivity index (χ0v) is 22.4. The Bertz CT molecular complexity index is 1680. The van der Waals surface area contributed by atoms with Crippen LogP contribution in [0.2, 0.25) is 0 Å². The maximum absolute atomic E-state index is 12.5. The number of benzene rings is 4. The molecule has 0 aliphatic heterocycles. The molecule has 5 rings (SSSR count). The number of hydrogen-bond acceptors (Lipinski definition) is 9. The number of hydrogen-bond donors (Lipinski definition) is 1. The van der Waals surface area contributed by atoms with E-state index in [-0.39, 0.29) is 22.9 Å². The van der Waals surface area contributed by atoms with E-state index in [2.05, 4.69) is 21.6 Å². The van der Waals surface area contributed by atoms with Gasteiger partial charge in [0, 0.05) is 23.4 Å². The smallest absolute Gasteiger partial charge is 0.343 e. The summed E-state index contributed by atoms with van der Waals surface area (Å²) < 4.78 is 7.44. The number of aromatic nitrogens is 1. The first kappa shape index (κ1) is 26.7. The number of thiazole rings is 1. The first-order valence-corrected chi connectivity index (χ1v) is 13.7. The van der Waals surface area contributed by atoms with E-state index >= 15 is 0 Å². The number of nitro benzene ring substituents is 1. The van der Waals surface area contributed by atoms with Crippen molar-refractivity contribution in [3.05, 3.63) is 129 Å². The Kier molecular flexibility index (Phi) is 8.24. The molecule has 1 heterocycles. The maximum Gasteiger partial charge on any atom is 0.343 e. The van der Waals surface area contributed by atoms with Crippen LogP contribution >= 0.6 is 23.1 Å². The Balaban J connectivity index is 1.10. The summed E-state index contributed by atoms with van der Waals surface area (Å²) in [5.41, 5.74) is 5.60. The van der Waals surface area contributed by atoms with Gasteiger partial charge in [-0.3, -0.25) is 14.9 Å². The van der Waals surface area contributed by atoms with E-state index in [1.165, 1.54) is 24.4 Å². The highest BCUT2D eigenvalue weighted by molar-refractivity contribution is 8.00. The number of esters is 1. The molecule has 1 N–H and O–H groups in total. The number of para-hydroxylation sites is 1. The Morgan fingerprint density at radius 2 is 1.75 bits per heavy atom. The average Bonchev–Trinajstić information content (AvgIpc) is 3.40. The van der Waals surface area contributed by atoms with Crippen molar-refractivity contribution >= 4 is 57.1 Å². The lowest BCUT2D eigenvalue weighted by atomic mass is 10.1. The van der Waals surface area contributed by atoms with Gasteiger partial charge >= 0.3 is 5.97 Å². The van der Waals surface area contributed by atoms with Crippen molar-refractivity contribution in [1.29, 1.82) is 0 Å². The molecule has 11 heteroatoms. The number of nitrogens with zero attached hydrogens (tertiary/aromatic N) is 3. The third-order valence-electron chi connectivity index (χ3n) is 5.62. The number of carbonyl (C=O) groups is 2. The van der Waals surface area contributed by atoms with Gasteiger partial charge in [0.15, 0.2) is 4.34 Å². The highest BCUT2D eigenvalue weighted by atomic mass is 32.2. The second-order valence-corrected chi connectivity index (χ2v) is 10.7. The fraction of sp³-hybridized carbons (Fsp3) is 0.0345. The lowest BCUT2D eigenvalue weighted by Gasteiger charge is -2.05. The van der Waals surface area contributed by atoms with Crippen molar-refractivity contribution in [2.24, 2.45) is 5.10 Å². The predicted molar refractivity (Wildman–Crippen MR) is 155 cm³/mol. The second-order valence-electron chi connectivity index (χ2n) is 8.40. The van der Waals surface area contributed by atoms with Gasteiger partial charge in [0.05, 0.1) is 26.9 Å². The van der Waals surface area contributed by atoms with Crippen LogP contribution in [-0.2, 0) is 5.75 Å². The van der Waals surface area contributed by atoms with E-state index in [1.54, 1.807) is 59.5 Å². The zero-order valence-electron chi connectivity index (χ0n) is 20.7. The molecule has 0 unspecified atom stereocenters. The van der Waals surface area contributed by atoms with Crippen LogP contribution in [0, 0.1) is 10.1 Å². The van der Waals surface area contributed by atoms with Crippen LogP contribution < -0.4 is 10.2 Å². The SMILES string of the molecule is O=C(NN=Cc1ccc(OC(=O)c2cccc([N+](=O)[O-])c2)cc1)c1ccc(CSc2nc3ccccc3s2)cc1. The molecule has 0 radical (unpaired) electrons. The molecule has 0 saturated carbocycles. The summed E-state index contributed by atoms with van der Waals surface area (Å²) in [7, 11) is 0. The van der Waals surface area contributed by atoms with Gasteiger partial charge in [-0.25, -0.2) is 15.2 Å². The van der Waals surface area contributed by atoms with Crippen LogP contribution in [0.1, 0.15) is 31.8 Å². The molecule has 1 amide bonds. The molecule has 0 aliphatic carbocycles. The molecule has 1 aromatic heterocycles. The number of carbonyl (C=O) groups excluding carboxylic acids is 2. The Morgan fingerprint density at radius 1 is 0.975 bits per heavy atom. The standard InChI is InChI=1S/C29H20N4O5S2/c34-27(21-12-8-20(9-13-21)18-39-29-31-25-6-1-2-7-26(25)40-29)32-30-17-19-10-14-24(15-11-19)38-28(35)22-4-3-5-23(16-22)33(36)37/h1-17H,18H2,(H,32,34). The molecule has 0 bridgehead atoms. The molecule has 0 atom stereocenters. The lowest BCUT2D eigenvalue weighted by Crippen LogP contribution is -2.17. The highest BCUT2D eigenvalue weighted by Gasteiger charge is 2.13. The number of nitro groups is 1. The van der Waals surface area contributed by atoms with Crippen molar-refractivity contribution in [1.82, 2.24) is 10.4 Å². The number of rotatable bonds is 9. The summed E-state index contributed by atoms with van der Waals surface area (Å²) in [6.45, 7) is 0. The number of nitrogens with one attached hydrogen (secondary N) is 1. The van der Waals surface area contributed by atoms with Crippen LogP contribution in [0.15, 0.2) is 107 Å². The molecule has 0 saturated heterocycles. The summed E-state index contributed by atoms with van der Waals surface area (Å²) in [6, 6.07) is 27.1. The molecule has 5 aromatic rings.